The van der Waals surface area contributed by atoms with Crippen molar-refractivity contribution in [2.45, 2.75) is 0 Å². The summed E-state index contributed by atoms with van der Waals surface area (Å²) in [5.74, 6) is 0.0412. The summed E-state index contributed by atoms with van der Waals surface area (Å²) in [7, 11) is 1.51. The minimum atomic E-state index is -0.586. The summed E-state index contributed by atoms with van der Waals surface area (Å²) in [6.45, 7) is 0. The van der Waals surface area contributed by atoms with Crippen molar-refractivity contribution in [2.75, 3.05) is 7.11 Å². The van der Waals surface area contributed by atoms with Crippen molar-refractivity contribution in [3.8, 4) is 5.75 Å². The maximum atomic E-state index is 12.1. The summed E-state index contributed by atoms with van der Waals surface area (Å²) in [5, 5.41) is 0.843. The fraction of sp³-hybridized carbons (Fsp3) is 0.0526. The molecular formula is C19H13Cl2NO3. The molecule has 1 heterocycles. The van der Waals surface area contributed by atoms with E-state index in [4.69, 9.17) is 32.7 Å². The molecular weight excluding hydrogens is 361 g/mol. The number of benzene rings is 2. The first kappa shape index (κ1) is 17.3. The Balaban J connectivity index is 1.93. The van der Waals surface area contributed by atoms with E-state index in [9.17, 15) is 4.79 Å². The highest BCUT2D eigenvalue weighted by molar-refractivity contribution is 6.33. The minimum absolute atomic E-state index is 0.106. The third kappa shape index (κ3) is 4.10. The molecule has 0 atom stereocenters. The van der Waals surface area contributed by atoms with Gasteiger partial charge >= 0.3 is 5.97 Å². The maximum Gasteiger partial charge on any atom is 0.363 e. The fourth-order valence-electron chi connectivity index (χ4n) is 2.25. The van der Waals surface area contributed by atoms with Crippen LogP contribution in [0.15, 0.2) is 70.3 Å². The Kier molecular flexibility index (Phi) is 5.22. The second kappa shape index (κ2) is 7.55. The van der Waals surface area contributed by atoms with Gasteiger partial charge in [-0.1, -0.05) is 53.5 Å². The lowest BCUT2D eigenvalue weighted by molar-refractivity contribution is -0.130. The van der Waals surface area contributed by atoms with Crippen LogP contribution < -0.4 is 4.74 Å². The Morgan fingerprint density at radius 3 is 2.68 bits per heavy atom. The van der Waals surface area contributed by atoms with Crippen molar-refractivity contribution in [1.29, 1.82) is 0 Å². The molecule has 3 rings (SSSR count). The average Bonchev–Trinajstić information content (AvgIpc) is 2.96. The summed E-state index contributed by atoms with van der Waals surface area (Å²) < 4.78 is 10.5. The molecule has 0 N–H and O–H groups in total. The van der Waals surface area contributed by atoms with E-state index in [2.05, 4.69) is 4.99 Å². The lowest BCUT2D eigenvalue weighted by atomic mass is 10.2. The molecule has 4 nitrogen and oxygen atoms in total. The van der Waals surface area contributed by atoms with E-state index < -0.39 is 5.97 Å². The highest BCUT2D eigenvalue weighted by Crippen LogP contribution is 2.28. The normalized spacial score (nSPS) is 16.0. The minimum Gasteiger partial charge on any atom is -0.496 e. The second-order valence-corrected chi connectivity index (χ2v) is 5.99. The summed E-state index contributed by atoms with van der Waals surface area (Å²) in [6.07, 6.45) is 3.19. The summed E-state index contributed by atoms with van der Waals surface area (Å²) in [5.41, 5.74) is 1.51. The number of nitrogens with zero attached hydrogens (tertiary/aromatic N) is 1. The van der Waals surface area contributed by atoms with Crippen LogP contribution in [0.3, 0.4) is 0 Å². The number of allylic oxidation sites excluding steroid dienone is 2. The van der Waals surface area contributed by atoms with Gasteiger partial charge in [0, 0.05) is 10.1 Å². The smallest absolute Gasteiger partial charge is 0.363 e. The number of carbonyl (C=O) groups is 1. The van der Waals surface area contributed by atoms with E-state index >= 15 is 0 Å². The molecule has 0 bridgehead atoms. The molecule has 0 aromatic heterocycles. The molecule has 0 amide bonds. The first-order chi connectivity index (χ1) is 12.1. The molecule has 0 spiro atoms. The summed E-state index contributed by atoms with van der Waals surface area (Å²) in [4.78, 5) is 16.3. The van der Waals surface area contributed by atoms with E-state index in [-0.39, 0.29) is 11.6 Å². The van der Waals surface area contributed by atoms with Gasteiger partial charge in [0.05, 0.1) is 12.7 Å². The van der Waals surface area contributed by atoms with Crippen LogP contribution in [-0.2, 0) is 9.53 Å². The Morgan fingerprint density at radius 1 is 1.20 bits per heavy atom. The van der Waals surface area contributed by atoms with Gasteiger partial charge in [0.1, 0.15) is 5.75 Å². The fourth-order valence-corrected chi connectivity index (χ4v) is 2.65. The SMILES string of the molecule is COc1ccc(Cl)cc1C1=NC(=CC(Cl)=Cc2ccccc2)C(=O)O1. The number of methoxy groups -OCH3 is 1. The number of ether oxygens (including phenoxy) is 2. The molecule has 1 aliphatic rings. The van der Waals surface area contributed by atoms with Crippen LogP contribution in [0.4, 0.5) is 0 Å². The molecule has 0 saturated carbocycles. The van der Waals surface area contributed by atoms with Crippen molar-refractivity contribution < 1.29 is 14.3 Å². The van der Waals surface area contributed by atoms with Gasteiger partial charge in [-0.25, -0.2) is 9.79 Å². The predicted octanol–water partition coefficient (Wildman–Crippen LogP) is 4.82. The first-order valence-corrected chi connectivity index (χ1v) is 8.11. The second-order valence-electron chi connectivity index (χ2n) is 5.12. The van der Waals surface area contributed by atoms with Gasteiger partial charge in [-0.3, -0.25) is 0 Å². The van der Waals surface area contributed by atoms with E-state index in [1.54, 1.807) is 24.3 Å². The Morgan fingerprint density at radius 2 is 1.96 bits per heavy atom. The van der Waals surface area contributed by atoms with E-state index in [1.165, 1.54) is 13.2 Å². The summed E-state index contributed by atoms with van der Waals surface area (Å²) >= 11 is 12.2. The molecule has 25 heavy (non-hydrogen) atoms. The van der Waals surface area contributed by atoms with Crippen LogP contribution in [0, 0.1) is 0 Å². The monoisotopic (exact) mass is 373 g/mol. The topological polar surface area (TPSA) is 47.9 Å². The molecule has 0 fully saturated rings. The number of aliphatic imine (C=N–C) groups is 1. The zero-order valence-electron chi connectivity index (χ0n) is 13.2. The average molecular weight is 374 g/mol. The van der Waals surface area contributed by atoms with Gasteiger partial charge in [0.2, 0.25) is 5.90 Å². The largest absolute Gasteiger partial charge is 0.496 e. The van der Waals surface area contributed by atoms with E-state index in [0.29, 0.717) is 21.4 Å². The van der Waals surface area contributed by atoms with Crippen molar-refractivity contribution in [3.05, 3.63) is 81.5 Å². The Hall–Kier alpha value is -2.56. The zero-order valence-corrected chi connectivity index (χ0v) is 14.7. The van der Waals surface area contributed by atoms with Crippen molar-refractivity contribution in [1.82, 2.24) is 0 Å². The lowest BCUT2D eigenvalue weighted by Crippen LogP contribution is -2.07. The molecule has 126 valence electrons. The van der Waals surface area contributed by atoms with Gasteiger partial charge in [0.15, 0.2) is 5.70 Å². The quantitative estimate of drug-likeness (QED) is 0.570. The molecule has 2 aromatic rings. The first-order valence-electron chi connectivity index (χ1n) is 7.35. The number of hydrogen-bond donors (Lipinski definition) is 0. The number of esters is 1. The third-order valence-corrected chi connectivity index (χ3v) is 3.84. The van der Waals surface area contributed by atoms with Crippen molar-refractivity contribution in [3.63, 3.8) is 0 Å². The van der Waals surface area contributed by atoms with Gasteiger partial charge in [0.25, 0.3) is 0 Å². The van der Waals surface area contributed by atoms with Crippen LogP contribution in [-0.4, -0.2) is 19.0 Å². The zero-order chi connectivity index (χ0) is 17.8. The van der Waals surface area contributed by atoms with Crippen molar-refractivity contribution >= 4 is 41.1 Å². The molecule has 0 radical (unpaired) electrons. The molecule has 0 aliphatic carbocycles. The Bertz CT molecular complexity index is 902. The van der Waals surface area contributed by atoms with Gasteiger partial charge in [-0.2, -0.15) is 0 Å². The van der Waals surface area contributed by atoms with E-state index in [1.807, 2.05) is 30.3 Å². The highest BCUT2D eigenvalue weighted by atomic mass is 35.5. The van der Waals surface area contributed by atoms with Crippen LogP contribution in [0.5, 0.6) is 5.75 Å². The number of halogens is 2. The number of hydrogen-bond acceptors (Lipinski definition) is 4. The van der Waals surface area contributed by atoms with Gasteiger partial charge in [-0.05, 0) is 35.9 Å². The van der Waals surface area contributed by atoms with Crippen LogP contribution in [0.25, 0.3) is 6.08 Å². The van der Waals surface area contributed by atoms with Crippen LogP contribution in [0.1, 0.15) is 11.1 Å². The van der Waals surface area contributed by atoms with E-state index in [0.717, 1.165) is 5.56 Å². The third-order valence-electron chi connectivity index (χ3n) is 3.39. The summed E-state index contributed by atoms with van der Waals surface area (Å²) in [6, 6.07) is 14.5. The van der Waals surface area contributed by atoms with Crippen LogP contribution in [0.2, 0.25) is 5.02 Å². The Labute approximate surface area is 155 Å². The van der Waals surface area contributed by atoms with Gasteiger partial charge in [-0.15, -0.1) is 0 Å². The van der Waals surface area contributed by atoms with Gasteiger partial charge < -0.3 is 9.47 Å². The molecule has 0 saturated heterocycles. The number of cyclic esters (lactones) is 1. The van der Waals surface area contributed by atoms with Crippen molar-refractivity contribution in [2.24, 2.45) is 4.99 Å². The standard InChI is InChI=1S/C19H13Cl2NO3/c1-24-17-8-7-13(20)10-15(17)18-22-16(19(23)25-18)11-14(21)9-12-5-3-2-4-6-12/h2-11H,1H3. The maximum absolute atomic E-state index is 12.1. The highest BCUT2D eigenvalue weighted by Gasteiger charge is 2.26. The number of carbonyl (C=O) groups excluding carboxylic acids is 1. The molecule has 2 aromatic carbocycles. The number of rotatable bonds is 4. The predicted molar refractivity (Wildman–Crippen MR) is 99.0 cm³/mol. The lowest BCUT2D eigenvalue weighted by Gasteiger charge is -2.07. The molecule has 0 unspecified atom stereocenters. The van der Waals surface area contributed by atoms with Crippen LogP contribution >= 0.6 is 23.2 Å². The molecule has 1 aliphatic heterocycles. The molecule has 6 heteroatoms.